The van der Waals surface area contributed by atoms with Crippen molar-refractivity contribution < 1.29 is 4.79 Å². The van der Waals surface area contributed by atoms with Crippen LogP contribution in [0.5, 0.6) is 0 Å². The molecule has 0 bridgehead atoms. The van der Waals surface area contributed by atoms with E-state index in [0.717, 1.165) is 5.75 Å². The number of carbonyl (C=O) groups excluding carboxylic acids is 1. The van der Waals surface area contributed by atoms with Crippen LogP contribution in [-0.4, -0.2) is 34.5 Å². The van der Waals surface area contributed by atoms with Gasteiger partial charge in [0.1, 0.15) is 11.3 Å². The first-order valence-corrected chi connectivity index (χ1v) is 4.78. The van der Waals surface area contributed by atoms with Crippen LogP contribution in [0.4, 0.5) is 0 Å². The van der Waals surface area contributed by atoms with Crippen molar-refractivity contribution in [3.63, 3.8) is 0 Å². The van der Waals surface area contributed by atoms with Crippen molar-refractivity contribution in [2.75, 3.05) is 12.3 Å². The van der Waals surface area contributed by atoms with Crippen molar-refractivity contribution in [2.24, 2.45) is 5.73 Å². The van der Waals surface area contributed by atoms with Gasteiger partial charge in [0.25, 0.3) is 0 Å². The first-order valence-electron chi connectivity index (χ1n) is 3.73. The number of carbonyl (C=O) groups is 1. The summed E-state index contributed by atoms with van der Waals surface area (Å²) < 4.78 is 0. The number of thioether (sulfide) groups is 1. The summed E-state index contributed by atoms with van der Waals surface area (Å²) in [4.78, 5) is 12.8. The molecule has 0 amide bonds. The normalized spacial score (nSPS) is 32.6. The second-order valence-electron chi connectivity index (χ2n) is 2.95. The lowest BCUT2D eigenvalue weighted by Gasteiger charge is -2.22. The van der Waals surface area contributed by atoms with Crippen LogP contribution in [0.1, 0.15) is 13.8 Å². The number of hydrogen-bond donors (Lipinski definition) is 1. The minimum Gasteiger partial charge on any atom is -0.307 e. The zero-order chi connectivity index (χ0) is 8.43. The van der Waals surface area contributed by atoms with Crippen LogP contribution in [0.2, 0.25) is 0 Å². The molecule has 1 fully saturated rings. The predicted octanol–water partition coefficient (Wildman–Crippen LogP) is 0.255. The maximum Gasteiger partial charge on any atom is 0.143 e. The summed E-state index contributed by atoms with van der Waals surface area (Å²) in [5, 5.41) is 0. The number of Topliss-reactive ketones (excluding diaryl/α,β-unsaturated/α-hetero) is 1. The first-order chi connectivity index (χ1) is 5.11. The number of rotatable bonds is 2. The van der Waals surface area contributed by atoms with E-state index in [-0.39, 0.29) is 11.3 Å². The first kappa shape index (κ1) is 9.03. The van der Waals surface area contributed by atoms with E-state index in [9.17, 15) is 4.79 Å². The monoisotopic (exact) mass is 174 g/mol. The van der Waals surface area contributed by atoms with Gasteiger partial charge in [-0.1, -0.05) is 0 Å². The van der Waals surface area contributed by atoms with Gasteiger partial charge in [-0.05, 0) is 13.8 Å². The highest BCUT2D eigenvalue weighted by Gasteiger charge is 2.28. The molecule has 2 unspecified atom stereocenters. The van der Waals surface area contributed by atoms with Gasteiger partial charge in [0.15, 0.2) is 0 Å². The molecule has 0 aromatic rings. The lowest BCUT2D eigenvalue weighted by molar-refractivity contribution is -0.118. The van der Waals surface area contributed by atoms with Gasteiger partial charge in [-0.3, -0.25) is 9.69 Å². The Kier molecular flexibility index (Phi) is 2.92. The molecule has 1 aliphatic rings. The molecule has 2 N–H and O–H groups in total. The van der Waals surface area contributed by atoms with Crippen molar-refractivity contribution in [2.45, 2.75) is 25.4 Å². The van der Waals surface area contributed by atoms with E-state index in [1.807, 2.05) is 4.90 Å². The highest BCUT2D eigenvalue weighted by molar-refractivity contribution is 8.00. The molecule has 0 aromatic carbocycles. The summed E-state index contributed by atoms with van der Waals surface area (Å²) in [5.74, 6) is 1.23. The quantitative estimate of drug-likeness (QED) is 0.652. The molecule has 11 heavy (non-hydrogen) atoms. The maximum absolute atomic E-state index is 10.8. The molecule has 0 saturated carbocycles. The lowest BCUT2D eigenvalue weighted by Crippen LogP contribution is -2.42. The Labute approximate surface area is 71.3 Å². The molecule has 0 spiro atoms. The highest BCUT2D eigenvalue weighted by Crippen LogP contribution is 2.24. The van der Waals surface area contributed by atoms with Gasteiger partial charge in [-0.15, -0.1) is 11.8 Å². The van der Waals surface area contributed by atoms with E-state index >= 15 is 0 Å². The molecule has 0 aromatic heterocycles. The lowest BCUT2D eigenvalue weighted by atomic mass is 10.3. The van der Waals surface area contributed by atoms with Gasteiger partial charge in [0.2, 0.25) is 0 Å². The van der Waals surface area contributed by atoms with Gasteiger partial charge in [0, 0.05) is 11.8 Å². The van der Waals surface area contributed by atoms with E-state index < -0.39 is 0 Å². The van der Waals surface area contributed by atoms with E-state index in [1.165, 1.54) is 0 Å². The molecule has 2 atom stereocenters. The third kappa shape index (κ3) is 2.18. The van der Waals surface area contributed by atoms with Gasteiger partial charge in [0.05, 0.1) is 6.54 Å². The number of nitrogens with zero attached hydrogens (tertiary/aromatic N) is 1. The molecule has 0 radical (unpaired) electrons. The zero-order valence-corrected chi connectivity index (χ0v) is 7.73. The van der Waals surface area contributed by atoms with Crippen LogP contribution >= 0.6 is 11.8 Å². The van der Waals surface area contributed by atoms with Crippen molar-refractivity contribution in [3.8, 4) is 0 Å². The van der Waals surface area contributed by atoms with Crippen LogP contribution in [-0.2, 0) is 4.79 Å². The van der Waals surface area contributed by atoms with Crippen molar-refractivity contribution >= 4 is 17.5 Å². The Morgan fingerprint density at radius 1 is 1.82 bits per heavy atom. The summed E-state index contributed by atoms with van der Waals surface area (Å²) in [7, 11) is 0. The van der Waals surface area contributed by atoms with E-state index in [0.29, 0.717) is 12.6 Å². The summed E-state index contributed by atoms with van der Waals surface area (Å²) in [6, 6.07) is 0.443. The molecule has 3 nitrogen and oxygen atoms in total. The fourth-order valence-electron chi connectivity index (χ4n) is 1.18. The third-order valence-electron chi connectivity index (χ3n) is 1.81. The Morgan fingerprint density at radius 2 is 2.45 bits per heavy atom. The fourth-order valence-corrected chi connectivity index (χ4v) is 2.32. The number of nitrogens with two attached hydrogens (primary N) is 1. The van der Waals surface area contributed by atoms with Crippen molar-refractivity contribution in [1.82, 2.24) is 4.90 Å². The Morgan fingerprint density at radius 3 is 2.82 bits per heavy atom. The van der Waals surface area contributed by atoms with Crippen molar-refractivity contribution in [3.05, 3.63) is 0 Å². The second-order valence-corrected chi connectivity index (χ2v) is 4.10. The third-order valence-corrected chi connectivity index (χ3v) is 3.09. The van der Waals surface area contributed by atoms with E-state index in [4.69, 9.17) is 5.73 Å². The van der Waals surface area contributed by atoms with Crippen LogP contribution < -0.4 is 5.73 Å². The van der Waals surface area contributed by atoms with Gasteiger partial charge in [-0.2, -0.15) is 0 Å². The maximum atomic E-state index is 10.8. The van der Waals surface area contributed by atoms with Crippen LogP contribution in [0.25, 0.3) is 0 Å². The van der Waals surface area contributed by atoms with Crippen LogP contribution in [0.3, 0.4) is 0 Å². The van der Waals surface area contributed by atoms with Crippen LogP contribution in [0, 0.1) is 0 Å². The van der Waals surface area contributed by atoms with E-state index in [1.54, 1.807) is 18.7 Å². The molecule has 0 aliphatic carbocycles. The zero-order valence-electron chi connectivity index (χ0n) is 6.91. The minimum absolute atomic E-state index is 0.0221. The average Bonchev–Trinajstić information content (AvgIpc) is 2.18. The molecular weight excluding hydrogens is 160 g/mol. The van der Waals surface area contributed by atoms with Crippen LogP contribution in [0.15, 0.2) is 0 Å². The molecule has 64 valence electrons. The Bertz CT molecular complexity index is 153. The average molecular weight is 174 g/mol. The smallest absolute Gasteiger partial charge is 0.143 e. The summed E-state index contributed by atoms with van der Waals surface area (Å²) in [5.41, 5.74) is 5.78. The molecule has 1 saturated heterocycles. The predicted molar refractivity (Wildman–Crippen MR) is 47.3 cm³/mol. The fraction of sp³-hybridized carbons (Fsp3) is 0.857. The summed E-state index contributed by atoms with van der Waals surface area (Å²) in [6.45, 7) is 4.20. The second kappa shape index (κ2) is 3.56. The van der Waals surface area contributed by atoms with E-state index in [2.05, 4.69) is 6.92 Å². The summed E-state index contributed by atoms with van der Waals surface area (Å²) in [6.07, 6.45) is 0. The topological polar surface area (TPSA) is 46.3 Å². The van der Waals surface area contributed by atoms with Gasteiger partial charge in [-0.25, -0.2) is 0 Å². The number of ketones is 1. The Hall–Kier alpha value is -0.0600. The van der Waals surface area contributed by atoms with Gasteiger partial charge < -0.3 is 5.73 Å². The standard InChI is InChI=1S/C7H14N2OS/c1-5-4-11-7(8)9(5)3-6(2)10/h5,7H,3-4,8H2,1-2H3. The molecule has 1 rings (SSSR count). The molecule has 4 heteroatoms. The molecular formula is C7H14N2OS. The van der Waals surface area contributed by atoms with Crippen molar-refractivity contribution in [1.29, 1.82) is 0 Å². The Balaban J connectivity index is 2.47. The largest absolute Gasteiger partial charge is 0.307 e. The van der Waals surface area contributed by atoms with Gasteiger partial charge >= 0.3 is 0 Å². The number of hydrogen-bond acceptors (Lipinski definition) is 4. The minimum atomic E-state index is 0.0221. The highest BCUT2D eigenvalue weighted by atomic mass is 32.2. The summed E-state index contributed by atoms with van der Waals surface area (Å²) >= 11 is 1.71. The molecule has 1 heterocycles. The SMILES string of the molecule is CC(=O)CN1C(C)CSC1N. The molecule has 1 aliphatic heterocycles.